The van der Waals surface area contributed by atoms with Crippen LogP contribution in [0.5, 0.6) is 0 Å². The highest BCUT2D eigenvalue weighted by Crippen LogP contribution is 2.11. The number of hydrogen-bond acceptors (Lipinski definition) is 5. The van der Waals surface area contributed by atoms with Crippen LogP contribution in [-0.4, -0.2) is 31.7 Å². The highest BCUT2D eigenvalue weighted by atomic mass is 28.3. The number of carboxylic acid groups (broad SMARTS) is 2. The third kappa shape index (κ3) is 5.73. The first-order chi connectivity index (χ1) is 9.49. The molecule has 0 atom stereocenters. The molecule has 104 valence electrons. The van der Waals surface area contributed by atoms with Gasteiger partial charge in [0.1, 0.15) is 0 Å². The SMILES string of the molecule is O=C(O)O[Si](=O)OC(=O)O.c1ccc2ccccc2c1. The molecular weight excluding hydrogens is 284 g/mol. The Bertz CT molecular complexity index is 542. The van der Waals surface area contributed by atoms with Crippen LogP contribution in [0.25, 0.3) is 10.8 Å². The molecule has 0 saturated heterocycles. The minimum Gasteiger partial charge on any atom is -0.450 e. The first-order valence-electron chi connectivity index (χ1n) is 5.28. The molecule has 0 aliphatic carbocycles. The van der Waals surface area contributed by atoms with E-state index in [4.69, 9.17) is 10.2 Å². The summed E-state index contributed by atoms with van der Waals surface area (Å²) in [7, 11) is -3.44. The third-order valence-corrected chi connectivity index (χ3v) is 2.68. The second-order valence-corrected chi connectivity index (χ2v) is 4.24. The van der Waals surface area contributed by atoms with Crippen LogP contribution in [0.1, 0.15) is 0 Å². The zero-order valence-electron chi connectivity index (χ0n) is 10.1. The van der Waals surface area contributed by atoms with E-state index in [1.165, 1.54) is 10.8 Å². The van der Waals surface area contributed by atoms with Crippen molar-refractivity contribution in [3.63, 3.8) is 0 Å². The fraction of sp³-hybridized carbons (Fsp3) is 0. The van der Waals surface area contributed by atoms with Crippen molar-refractivity contribution >= 4 is 32.3 Å². The van der Waals surface area contributed by atoms with Crippen molar-refractivity contribution in [1.82, 2.24) is 0 Å². The zero-order chi connectivity index (χ0) is 15.0. The summed E-state index contributed by atoms with van der Waals surface area (Å²) in [5.41, 5.74) is 0. The van der Waals surface area contributed by atoms with Crippen LogP contribution in [0.3, 0.4) is 0 Å². The molecule has 0 aromatic heterocycles. The molecule has 0 spiro atoms. The molecule has 0 fully saturated rings. The van der Waals surface area contributed by atoms with Gasteiger partial charge in [-0.2, -0.15) is 0 Å². The van der Waals surface area contributed by atoms with Gasteiger partial charge in [0.05, 0.1) is 0 Å². The van der Waals surface area contributed by atoms with Gasteiger partial charge in [-0.3, -0.25) is 4.46 Å². The van der Waals surface area contributed by atoms with Crippen LogP contribution >= 0.6 is 0 Å². The standard InChI is InChI=1S/C10H8.C2H2O7Si/c1-2-6-10-8-4-3-7-9(10)5-1;3-1(4)8-10(7)9-2(5)6/h1-8H;(H,3,4)(H,5,6). The van der Waals surface area contributed by atoms with E-state index >= 15 is 0 Å². The highest BCUT2D eigenvalue weighted by molar-refractivity contribution is 6.31. The number of carbonyl (C=O) groups is 2. The normalized spacial score (nSPS) is 9.00. The average molecular weight is 294 g/mol. The monoisotopic (exact) mass is 294 g/mol. The van der Waals surface area contributed by atoms with Crippen molar-refractivity contribution < 1.29 is 33.1 Å². The molecule has 0 unspecified atom stereocenters. The topological polar surface area (TPSA) is 110 Å². The summed E-state index contributed by atoms with van der Waals surface area (Å²) in [6.45, 7) is 0. The van der Waals surface area contributed by atoms with Crippen molar-refractivity contribution in [2.45, 2.75) is 0 Å². The van der Waals surface area contributed by atoms with Gasteiger partial charge in [0.25, 0.3) is 0 Å². The van der Waals surface area contributed by atoms with E-state index in [-0.39, 0.29) is 0 Å². The Labute approximate surface area is 114 Å². The van der Waals surface area contributed by atoms with E-state index in [0.717, 1.165) is 0 Å². The summed E-state index contributed by atoms with van der Waals surface area (Å²) in [6, 6.07) is 16.7. The Morgan fingerprint density at radius 1 is 0.800 bits per heavy atom. The van der Waals surface area contributed by atoms with E-state index in [1.807, 2.05) is 0 Å². The lowest BCUT2D eigenvalue weighted by Gasteiger charge is -1.92. The number of benzene rings is 2. The molecule has 2 aromatic rings. The predicted octanol–water partition coefficient (Wildman–Crippen LogP) is 2.63. The molecular formula is C12H10O7Si. The fourth-order valence-electron chi connectivity index (χ4n) is 1.30. The lowest BCUT2D eigenvalue weighted by Crippen LogP contribution is -2.18. The maximum absolute atomic E-state index is 10.0. The Balaban J connectivity index is 0.000000200. The van der Waals surface area contributed by atoms with Crippen LogP contribution in [0, 0.1) is 0 Å². The van der Waals surface area contributed by atoms with Crippen molar-refractivity contribution in [3.05, 3.63) is 48.5 Å². The summed E-state index contributed by atoms with van der Waals surface area (Å²) < 4.78 is 16.9. The minimum absolute atomic E-state index is 1.31. The van der Waals surface area contributed by atoms with Gasteiger partial charge in [-0.05, 0) is 10.8 Å². The van der Waals surface area contributed by atoms with Crippen LogP contribution < -0.4 is 0 Å². The van der Waals surface area contributed by atoms with Crippen LogP contribution in [-0.2, 0) is 13.3 Å². The summed E-state index contributed by atoms with van der Waals surface area (Å²) in [6.07, 6.45) is -3.68. The Kier molecular flexibility index (Phi) is 5.85. The quantitative estimate of drug-likeness (QED) is 0.819. The summed E-state index contributed by atoms with van der Waals surface area (Å²) in [4.78, 5) is 19.0. The van der Waals surface area contributed by atoms with Gasteiger partial charge in [0, 0.05) is 0 Å². The van der Waals surface area contributed by atoms with Gasteiger partial charge < -0.3 is 19.1 Å². The summed E-state index contributed by atoms with van der Waals surface area (Å²) in [5.74, 6) is 0. The molecule has 8 heteroatoms. The third-order valence-electron chi connectivity index (χ3n) is 2.00. The smallest absolute Gasteiger partial charge is 0.450 e. The van der Waals surface area contributed by atoms with Gasteiger partial charge in [0.2, 0.25) is 0 Å². The predicted molar refractivity (Wildman–Crippen MR) is 68.6 cm³/mol. The molecule has 2 aromatic carbocycles. The first kappa shape index (κ1) is 15.3. The maximum Gasteiger partial charge on any atom is 0.787 e. The molecule has 0 saturated carbocycles. The molecule has 0 bridgehead atoms. The zero-order valence-corrected chi connectivity index (χ0v) is 11.1. The number of fused-ring (bicyclic) bond motifs is 1. The second kappa shape index (κ2) is 7.64. The van der Waals surface area contributed by atoms with Crippen LogP contribution in [0.15, 0.2) is 48.5 Å². The number of rotatable bonds is 2. The van der Waals surface area contributed by atoms with Gasteiger partial charge in [-0.25, -0.2) is 9.59 Å². The van der Waals surface area contributed by atoms with Crippen molar-refractivity contribution in [2.75, 3.05) is 0 Å². The summed E-state index contributed by atoms with van der Waals surface area (Å²) >= 11 is 0. The molecule has 0 radical (unpaired) electrons. The van der Waals surface area contributed by atoms with E-state index in [1.54, 1.807) is 0 Å². The molecule has 2 N–H and O–H groups in total. The van der Waals surface area contributed by atoms with E-state index in [0.29, 0.717) is 0 Å². The van der Waals surface area contributed by atoms with Crippen LogP contribution in [0.2, 0.25) is 0 Å². The maximum atomic E-state index is 10.0. The molecule has 2 rings (SSSR count). The molecule has 0 amide bonds. The fourth-order valence-corrected chi connectivity index (χ4v) is 1.62. The summed E-state index contributed by atoms with van der Waals surface area (Å²) in [5, 5.41) is 18.1. The van der Waals surface area contributed by atoms with Gasteiger partial charge >= 0.3 is 21.5 Å². The van der Waals surface area contributed by atoms with Gasteiger partial charge in [0.15, 0.2) is 0 Å². The highest BCUT2D eigenvalue weighted by Gasteiger charge is 2.19. The van der Waals surface area contributed by atoms with Crippen LogP contribution in [0.4, 0.5) is 9.59 Å². The van der Waals surface area contributed by atoms with E-state index in [9.17, 15) is 14.1 Å². The average Bonchev–Trinajstić information content (AvgIpc) is 2.37. The Hall–Kier alpha value is -2.74. The second-order valence-electron chi connectivity index (χ2n) is 3.33. The Morgan fingerprint density at radius 2 is 1.10 bits per heavy atom. The first-order valence-corrected chi connectivity index (χ1v) is 6.51. The molecule has 7 nitrogen and oxygen atoms in total. The van der Waals surface area contributed by atoms with E-state index in [2.05, 4.69) is 57.4 Å². The largest absolute Gasteiger partial charge is 0.787 e. The lowest BCUT2D eigenvalue weighted by atomic mass is 10.1. The molecule has 0 aliphatic rings. The number of hydrogen-bond donors (Lipinski definition) is 2. The molecule has 0 aliphatic heterocycles. The van der Waals surface area contributed by atoms with Crippen molar-refractivity contribution in [2.24, 2.45) is 0 Å². The Morgan fingerprint density at radius 3 is 1.35 bits per heavy atom. The van der Waals surface area contributed by atoms with Crippen molar-refractivity contribution in [3.8, 4) is 0 Å². The van der Waals surface area contributed by atoms with Gasteiger partial charge in [-0.1, -0.05) is 48.5 Å². The van der Waals surface area contributed by atoms with E-state index < -0.39 is 21.5 Å². The van der Waals surface area contributed by atoms with Gasteiger partial charge in [-0.15, -0.1) is 0 Å². The lowest BCUT2D eigenvalue weighted by molar-refractivity contribution is 0.106. The van der Waals surface area contributed by atoms with Crippen molar-refractivity contribution in [1.29, 1.82) is 0 Å². The molecule has 20 heavy (non-hydrogen) atoms. The minimum atomic E-state index is -3.44. The molecule has 0 heterocycles.